The van der Waals surface area contributed by atoms with Crippen LogP contribution in [0, 0.1) is 11.6 Å². The number of benzene rings is 1. The van der Waals surface area contributed by atoms with E-state index >= 15 is 0 Å². The molecule has 0 nitrogen and oxygen atoms in total. The molecule has 0 spiro atoms. The van der Waals surface area contributed by atoms with Crippen LogP contribution in [0.4, 0.5) is 8.78 Å². The second-order valence-corrected chi connectivity index (χ2v) is 17.3. The molecule has 0 aliphatic rings. The van der Waals surface area contributed by atoms with Gasteiger partial charge in [-0.25, -0.2) is 8.78 Å². The van der Waals surface area contributed by atoms with Gasteiger partial charge < -0.3 is 0 Å². The lowest BCUT2D eigenvalue weighted by molar-refractivity contribution is 0.613. The Labute approximate surface area is 119 Å². The first-order valence-electron chi connectivity index (χ1n) is 5.76. The molecule has 0 saturated heterocycles. The van der Waals surface area contributed by atoms with Gasteiger partial charge in [-0.2, -0.15) is 0 Å². The van der Waals surface area contributed by atoms with Gasteiger partial charge in [-0.15, -0.1) is 0 Å². The van der Waals surface area contributed by atoms with Gasteiger partial charge in [0.25, 0.3) is 0 Å². The SMILES string of the molecule is C[Si](C)(C)c1c(F)c(Cl)c([Si](C)(C)C)c(F)c1Cl. The summed E-state index contributed by atoms with van der Waals surface area (Å²) in [6.07, 6.45) is 0. The summed E-state index contributed by atoms with van der Waals surface area (Å²) in [5, 5.41) is 0.421. The van der Waals surface area contributed by atoms with Crippen LogP contribution in [0.5, 0.6) is 0 Å². The quantitative estimate of drug-likeness (QED) is 0.559. The van der Waals surface area contributed by atoms with Gasteiger partial charge in [-0.3, -0.25) is 0 Å². The third kappa shape index (κ3) is 2.81. The number of rotatable bonds is 2. The largest absolute Gasteiger partial charge is 0.205 e. The van der Waals surface area contributed by atoms with Crippen molar-refractivity contribution < 1.29 is 8.78 Å². The van der Waals surface area contributed by atoms with Crippen molar-refractivity contribution in [1.29, 1.82) is 0 Å². The second kappa shape index (κ2) is 4.89. The minimum Gasteiger partial charge on any atom is -0.205 e. The topological polar surface area (TPSA) is 0 Å². The molecule has 0 saturated carbocycles. The fourth-order valence-corrected chi connectivity index (χ4v) is 7.27. The lowest BCUT2D eigenvalue weighted by Crippen LogP contribution is -2.48. The van der Waals surface area contributed by atoms with Gasteiger partial charge in [0.15, 0.2) is 0 Å². The van der Waals surface area contributed by atoms with E-state index in [-0.39, 0.29) is 20.4 Å². The monoisotopic (exact) mass is 326 g/mol. The van der Waals surface area contributed by atoms with Gasteiger partial charge in [0, 0.05) is 0 Å². The molecule has 1 rings (SSSR count). The molecular formula is C12H18Cl2F2Si2. The predicted octanol–water partition coefficient (Wildman–Crippen LogP) is 4.36. The van der Waals surface area contributed by atoms with E-state index in [1.807, 2.05) is 39.3 Å². The Morgan fingerprint density at radius 3 is 1.06 bits per heavy atom. The van der Waals surface area contributed by atoms with E-state index in [4.69, 9.17) is 23.2 Å². The Balaban J connectivity index is 3.79. The van der Waals surface area contributed by atoms with Gasteiger partial charge in [0.1, 0.15) is 11.6 Å². The fourth-order valence-electron chi connectivity index (χ4n) is 1.95. The molecular weight excluding hydrogens is 309 g/mol. The zero-order chi connectivity index (χ0) is 14.5. The van der Waals surface area contributed by atoms with E-state index in [9.17, 15) is 8.78 Å². The number of hydrogen-bond acceptors (Lipinski definition) is 0. The molecule has 0 bridgehead atoms. The van der Waals surface area contributed by atoms with Crippen molar-refractivity contribution in [3.63, 3.8) is 0 Å². The highest BCUT2D eigenvalue weighted by atomic mass is 35.5. The summed E-state index contributed by atoms with van der Waals surface area (Å²) in [7, 11) is -4.17. The van der Waals surface area contributed by atoms with E-state index in [0.717, 1.165) is 0 Å². The molecule has 0 amide bonds. The molecule has 0 fully saturated rings. The molecule has 0 aliphatic carbocycles. The highest BCUT2D eigenvalue weighted by Gasteiger charge is 2.34. The van der Waals surface area contributed by atoms with Gasteiger partial charge in [0.05, 0.1) is 26.2 Å². The van der Waals surface area contributed by atoms with Crippen molar-refractivity contribution in [2.75, 3.05) is 0 Å². The van der Waals surface area contributed by atoms with Crippen LogP contribution in [0.15, 0.2) is 0 Å². The highest BCUT2D eigenvalue weighted by molar-refractivity contribution is 6.92. The Morgan fingerprint density at radius 2 is 0.889 bits per heavy atom. The third-order valence-corrected chi connectivity index (χ3v) is 7.73. The van der Waals surface area contributed by atoms with Crippen molar-refractivity contribution in [2.24, 2.45) is 0 Å². The van der Waals surface area contributed by atoms with Crippen molar-refractivity contribution in [3.05, 3.63) is 21.7 Å². The lowest BCUT2D eigenvalue weighted by Gasteiger charge is -2.26. The van der Waals surface area contributed by atoms with E-state index in [1.54, 1.807) is 0 Å². The van der Waals surface area contributed by atoms with Crippen LogP contribution in [0.1, 0.15) is 0 Å². The van der Waals surface area contributed by atoms with Crippen molar-refractivity contribution >= 4 is 49.7 Å². The van der Waals surface area contributed by atoms with Crippen LogP contribution in [0.2, 0.25) is 49.3 Å². The first-order chi connectivity index (χ1) is 7.89. The standard InChI is InChI=1S/C12H18Cl2F2Si2/c1-17(2,3)11-7(13)10(16)12(18(4,5)6)8(14)9(11)15/h1-6H3. The first-order valence-corrected chi connectivity index (χ1v) is 13.5. The minimum absolute atomic E-state index is 0.0755. The van der Waals surface area contributed by atoms with E-state index < -0.39 is 27.8 Å². The molecule has 0 aromatic heterocycles. The van der Waals surface area contributed by atoms with Crippen LogP contribution in [-0.4, -0.2) is 16.1 Å². The Hall–Kier alpha value is 0.0938. The molecule has 0 radical (unpaired) electrons. The number of halogens is 4. The summed E-state index contributed by atoms with van der Waals surface area (Å²) in [5.41, 5.74) is 0. The lowest BCUT2D eigenvalue weighted by atomic mass is 10.3. The fraction of sp³-hybridized carbons (Fsp3) is 0.500. The third-order valence-electron chi connectivity index (χ3n) is 2.76. The molecule has 1 aromatic carbocycles. The van der Waals surface area contributed by atoms with Gasteiger partial charge in [-0.05, 0) is 10.4 Å². The Bertz CT molecular complexity index is 414. The molecule has 0 heterocycles. The summed E-state index contributed by atoms with van der Waals surface area (Å²) < 4.78 is 28.8. The van der Waals surface area contributed by atoms with Gasteiger partial charge >= 0.3 is 0 Å². The Kier molecular flexibility index (Phi) is 4.39. The summed E-state index contributed by atoms with van der Waals surface area (Å²) in [6.45, 7) is 11.5. The van der Waals surface area contributed by atoms with E-state index in [1.165, 1.54) is 0 Å². The van der Waals surface area contributed by atoms with Crippen molar-refractivity contribution in [3.8, 4) is 0 Å². The molecule has 18 heavy (non-hydrogen) atoms. The molecule has 0 atom stereocenters. The normalized spacial score (nSPS) is 13.0. The molecule has 0 unspecified atom stereocenters. The molecule has 0 aliphatic heterocycles. The molecule has 6 heteroatoms. The van der Waals surface area contributed by atoms with Crippen LogP contribution in [0.25, 0.3) is 0 Å². The molecule has 102 valence electrons. The molecule has 0 N–H and O–H groups in total. The maximum absolute atomic E-state index is 14.4. The van der Waals surface area contributed by atoms with Crippen molar-refractivity contribution in [2.45, 2.75) is 39.3 Å². The van der Waals surface area contributed by atoms with Crippen LogP contribution in [-0.2, 0) is 0 Å². The predicted molar refractivity (Wildman–Crippen MR) is 82.3 cm³/mol. The maximum atomic E-state index is 14.4. The van der Waals surface area contributed by atoms with Crippen LogP contribution < -0.4 is 10.4 Å². The summed E-state index contributed by atoms with van der Waals surface area (Å²) >= 11 is 12.1. The number of hydrogen-bond donors (Lipinski definition) is 0. The van der Waals surface area contributed by atoms with Crippen LogP contribution in [0.3, 0.4) is 0 Å². The zero-order valence-corrected chi connectivity index (χ0v) is 15.0. The van der Waals surface area contributed by atoms with Gasteiger partial charge in [-0.1, -0.05) is 62.5 Å². The zero-order valence-electron chi connectivity index (χ0n) is 11.5. The van der Waals surface area contributed by atoms with Gasteiger partial charge in [0.2, 0.25) is 0 Å². The first kappa shape index (κ1) is 16.1. The average Bonchev–Trinajstić information content (AvgIpc) is 2.10. The summed E-state index contributed by atoms with van der Waals surface area (Å²) in [5.74, 6) is -1.06. The van der Waals surface area contributed by atoms with E-state index in [0.29, 0.717) is 0 Å². The summed E-state index contributed by atoms with van der Waals surface area (Å²) in [4.78, 5) is 0. The van der Waals surface area contributed by atoms with Crippen molar-refractivity contribution in [1.82, 2.24) is 0 Å². The van der Waals surface area contributed by atoms with Crippen LogP contribution >= 0.6 is 23.2 Å². The molecule has 1 aromatic rings. The second-order valence-electron chi connectivity index (χ2n) is 6.51. The Morgan fingerprint density at radius 1 is 0.667 bits per heavy atom. The maximum Gasteiger partial charge on any atom is 0.142 e. The summed E-state index contributed by atoms with van der Waals surface area (Å²) in [6, 6.07) is 0. The average molecular weight is 327 g/mol. The highest BCUT2D eigenvalue weighted by Crippen LogP contribution is 2.26. The minimum atomic E-state index is -2.08. The van der Waals surface area contributed by atoms with E-state index in [2.05, 4.69) is 0 Å². The smallest absolute Gasteiger partial charge is 0.142 e.